The molecule has 0 fully saturated rings. The number of hydrogen-bond donors (Lipinski definition) is 1. The van der Waals surface area contributed by atoms with Crippen molar-refractivity contribution >= 4 is 5.52 Å². The first-order chi connectivity index (χ1) is 6.74. The smallest absolute Gasteiger partial charge is 0.255 e. The molecule has 0 amide bonds. The monoisotopic (exact) mass is 188 g/mol. The van der Waals surface area contributed by atoms with Gasteiger partial charge in [-0.2, -0.15) is 0 Å². The molecule has 72 valence electrons. The summed E-state index contributed by atoms with van der Waals surface area (Å²) < 4.78 is 1.68. The van der Waals surface area contributed by atoms with Crippen molar-refractivity contribution in [3.63, 3.8) is 0 Å². The fraction of sp³-hybridized carbons (Fsp3) is 0.182. The second-order valence-corrected chi connectivity index (χ2v) is 3.29. The van der Waals surface area contributed by atoms with Gasteiger partial charge in [0, 0.05) is 18.3 Å². The van der Waals surface area contributed by atoms with E-state index in [1.54, 1.807) is 16.5 Å². The molecule has 0 unspecified atom stereocenters. The third-order valence-electron chi connectivity index (χ3n) is 2.38. The lowest BCUT2D eigenvalue weighted by molar-refractivity contribution is 0.984. The average Bonchev–Trinajstić information content (AvgIpc) is 2.18. The minimum Gasteiger partial charge on any atom is -0.326 e. The van der Waals surface area contributed by atoms with Crippen LogP contribution in [0.3, 0.4) is 0 Å². The summed E-state index contributed by atoms with van der Waals surface area (Å²) in [7, 11) is 0. The Morgan fingerprint density at radius 3 is 2.79 bits per heavy atom. The molecule has 0 aliphatic heterocycles. The molecule has 2 aromatic rings. The van der Waals surface area contributed by atoms with E-state index in [-0.39, 0.29) is 5.56 Å². The Morgan fingerprint density at radius 1 is 1.29 bits per heavy atom. The minimum atomic E-state index is -0.00435. The zero-order valence-electron chi connectivity index (χ0n) is 8.03. The molecule has 0 aromatic carbocycles. The van der Waals surface area contributed by atoms with Crippen molar-refractivity contribution < 1.29 is 0 Å². The largest absolute Gasteiger partial charge is 0.326 e. The SMILES string of the molecule is Cc1cccc2c(CN)ccc(=O)n12. The van der Waals surface area contributed by atoms with Crippen molar-refractivity contribution in [1.29, 1.82) is 0 Å². The van der Waals surface area contributed by atoms with E-state index in [0.29, 0.717) is 6.54 Å². The number of nitrogens with zero attached hydrogens (tertiary/aromatic N) is 1. The van der Waals surface area contributed by atoms with Crippen molar-refractivity contribution in [1.82, 2.24) is 4.40 Å². The molecule has 0 bridgehead atoms. The zero-order chi connectivity index (χ0) is 10.1. The van der Waals surface area contributed by atoms with Crippen LogP contribution < -0.4 is 11.3 Å². The molecule has 2 heterocycles. The van der Waals surface area contributed by atoms with E-state index < -0.39 is 0 Å². The summed E-state index contributed by atoms with van der Waals surface area (Å²) in [5.74, 6) is 0. The first-order valence-corrected chi connectivity index (χ1v) is 4.54. The number of rotatable bonds is 1. The van der Waals surface area contributed by atoms with Crippen LogP contribution in [-0.2, 0) is 6.54 Å². The summed E-state index contributed by atoms with van der Waals surface area (Å²) in [4.78, 5) is 11.6. The van der Waals surface area contributed by atoms with E-state index in [9.17, 15) is 4.79 Å². The Kier molecular flexibility index (Phi) is 2.09. The van der Waals surface area contributed by atoms with E-state index in [4.69, 9.17) is 5.73 Å². The topological polar surface area (TPSA) is 47.5 Å². The van der Waals surface area contributed by atoms with Crippen LogP contribution in [0.5, 0.6) is 0 Å². The van der Waals surface area contributed by atoms with Gasteiger partial charge in [0.2, 0.25) is 0 Å². The van der Waals surface area contributed by atoms with E-state index in [1.807, 2.05) is 25.1 Å². The Labute approximate surface area is 81.8 Å². The maximum atomic E-state index is 11.6. The van der Waals surface area contributed by atoms with Crippen LogP contribution in [0.4, 0.5) is 0 Å². The van der Waals surface area contributed by atoms with Gasteiger partial charge in [-0.3, -0.25) is 9.20 Å². The van der Waals surface area contributed by atoms with Crippen LogP contribution in [-0.4, -0.2) is 4.40 Å². The molecule has 2 aromatic heterocycles. The van der Waals surface area contributed by atoms with E-state index in [1.165, 1.54) is 0 Å². The molecule has 0 aliphatic rings. The number of nitrogens with two attached hydrogens (primary N) is 1. The van der Waals surface area contributed by atoms with Crippen LogP contribution in [0, 0.1) is 6.92 Å². The summed E-state index contributed by atoms with van der Waals surface area (Å²) >= 11 is 0. The first kappa shape index (κ1) is 8.97. The van der Waals surface area contributed by atoms with Crippen molar-refractivity contribution in [3.05, 3.63) is 51.9 Å². The number of aromatic nitrogens is 1. The lowest BCUT2D eigenvalue weighted by Gasteiger charge is -2.07. The van der Waals surface area contributed by atoms with Gasteiger partial charge in [-0.25, -0.2) is 0 Å². The van der Waals surface area contributed by atoms with E-state index >= 15 is 0 Å². The number of pyridine rings is 2. The third kappa shape index (κ3) is 1.22. The number of hydrogen-bond acceptors (Lipinski definition) is 2. The highest BCUT2D eigenvalue weighted by molar-refractivity contribution is 5.55. The van der Waals surface area contributed by atoms with Gasteiger partial charge < -0.3 is 5.73 Å². The van der Waals surface area contributed by atoms with Crippen LogP contribution in [0.2, 0.25) is 0 Å². The Morgan fingerprint density at radius 2 is 2.07 bits per heavy atom. The highest BCUT2D eigenvalue weighted by atomic mass is 16.1. The van der Waals surface area contributed by atoms with Crippen molar-refractivity contribution in [2.45, 2.75) is 13.5 Å². The molecule has 0 radical (unpaired) electrons. The van der Waals surface area contributed by atoms with Gasteiger partial charge in [0.05, 0.1) is 5.52 Å². The van der Waals surface area contributed by atoms with Gasteiger partial charge in [0.25, 0.3) is 5.56 Å². The highest BCUT2D eigenvalue weighted by Gasteiger charge is 2.02. The molecule has 0 saturated carbocycles. The maximum Gasteiger partial charge on any atom is 0.255 e. The summed E-state index contributed by atoms with van der Waals surface area (Å²) in [5.41, 5.74) is 8.43. The summed E-state index contributed by atoms with van der Waals surface area (Å²) in [5, 5.41) is 0. The minimum absolute atomic E-state index is 0.00435. The normalized spacial score (nSPS) is 10.7. The molecule has 0 aliphatic carbocycles. The van der Waals surface area contributed by atoms with Crippen LogP contribution in [0.1, 0.15) is 11.3 Å². The van der Waals surface area contributed by atoms with Crippen molar-refractivity contribution in [2.24, 2.45) is 5.73 Å². The van der Waals surface area contributed by atoms with Gasteiger partial charge >= 0.3 is 0 Å². The lowest BCUT2D eigenvalue weighted by Crippen LogP contribution is -2.16. The fourth-order valence-electron chi connectivity index (χ4n) is 1.67. The summed E-state index contributed by atoms with van der Waals surface area (Å²) in [6.07, 6.45) is 0. The highest BCUT2D eigenvalue weighted by Crippen LogP contribution is 2.09. The summed E-state index contributed by atoms with van der Waals surface area (Å²) in [6, 6.07) is 9.11. The quantitative estimate of drug-likeness (QED) is 0.727. The first-order valence-electron chi connectivity index (χ1n) is 4.54. The molecular formula is C11H12N2O. The van der Waals surface area contributed by atoms with Gasteiger partial charge in [-0.15, -0.1) is 0 Å². The molecule has 0 spiro atoms. The molecule has 0 saturated heterocycles. The molecule has 14 heavy (non-hydrogen) atoms. The van der Waals surface area contributed by atoms with Gasteiger partial charge in [-0.05, 0) is 24.6 Å². The average molecular weight is 188 g/mol. The lowest BCUT2D eigenvalue weighted by atomic mass is 10.2. The Hall–Kier alpha value is -1.61. The molecule has 0 atom stereocenters. The van der Waals surface area contributed by atoms with E-state index in [0.717, 1.165) is 16.8 Å². The molecule has 3 nitrogen and oxygen atoms in total. The Balaban J connectivity index is 2.99. The van der Waals surface area contributed by atoms with Gasteiger partial charge in [0.15, 0.2) is 0 Å². The van der Waals surface area contributed by atoms with Crippen LogP contribution >= 0.6 is 0 Å². The fourth-order valence-corrected chi connectivity index (χ4v) is 1.67. The van der Waals surface area contributed by atoms with Gasteiger partial charge in [-0.1, -0.05) is 12.1 Å². The second-order valence-electron chi connectivity index (χ2n) is 3.29. The van der Waals surface area contributed by atoms with Crippen molar-refractivity contribution in [2.75, 3.05) is 0 Å². The molecule has 2 rings (SSSR count). The second kappa shape index (κ2) is 3.27. The number of fused-ring (bicyclic) bond motifs is 1. The van der Waals surface area contributed by atoms with Crippen LogP contribution in [0.25, 0.3) is 5.52 Å². The predicted molar refractivity (Wildman–Crippen MR) is 56.3 cm³/mol. The maximum absolute atomic E-state index is 11.6. The van der Waals surface area contributed by atoms with E-state index in [2.05, 4.69) is 0 Å². The summed E-state index contributed by atoms with van der Waals surface area (Å²) in [6.45, 7) is 2.36. The molecule has 2 N–H and O–H groups in total. The predicted octanol–water partition coefficient (Wildman–Crippen LogP) is 1.07. The third-order valence-corrected chi connectivity index (χ3v) is 2.38. The number of aryl methyl sites for hydroxylation is 1. The molecule has 3 heteroatoms. The van der Waals surface area contributed by atoms with Gasteiger partial charge in [0.1, 0.15) is 0 Å². The zero-order valence-corrected chi connectivity index (χ0v) is 8.03. The standard InChI is InChI=1S/C11H12N2O/c1-8-3-2-4-10-9(7-12)5-6-11(14)13(8)10/h2-6H,7,12H2,1H3. The Bertz CT molecular complexity index is 528. The van der Waals surface area contributed by atoms with Crippen LogP contribution in [0.15, 0.2) is 35.1 Å². The van der Waals surface area contributed by atoms with Crippen molar-refractivity contribution in [3.8, 4) is 0 Å². The molecular weight excluding hydrogens is 176 g/mol.